The highest BCUT2D eigenvalue weighted by molar-refractivity contribution is 7.15. The van der Waals surface area contributed by atoms with Crippen molar-refractivity contribution in [1.29, 1.82) is 0 Å². The number of methoxy groups -OCH3 is 1. The molecule has 0 radical (unpaired) electrons. The van der Waals surface area contributed by atoms with Gasteiger partial charge in [-0.2, -0.15) is 4.98 Å². The summed E-state index contributed by atoms with van der Waals surface area (Å²) in [5.74, 6) is 0.743. The van der Waals surface area contributed by atoms with Gasteiger partial charge in [-0.25, -0.2) is 0 Å². The fourth-order valence-electron chi connectivity index (χ4n) is 2.89. The third-order valence-electron chi connectivity index (χ3n) is 4.03. The van der Waals surface area contributed by atoms with Crippen LogP contribution in [0.25, 0.3) is 4.96 Å². The topological polar surface area (TPSA) is 41.8 Å². The van der Waals surface area contributed by atoms with Crippen molar-refractivity contribution in [3.63, 3.8) is 0 Å². The van der Waals surface area contributed by atoms with Crippen molar-refractivity contribution in [2.24, 2.45) is 0 Å². The van der Waals surface area contributed by atoms with E-state index >= 15 is 0 Å². The number of thiazole rings is 1. The lowest BCUT2D eigenvalue weighted by Gasteiger charge is -2.32. The number of ether oxygens (including phenoxy) is 1. The van der Waals surface area contributed by atoms with Crippen molar-refractivity contribution in [1.82, 2.24) is 19.6 Å². The van der Waals surface area contributed by atoms with E-state index in [2.05, 4.69) is 38.1 Å². The second-order valence-corrected chi connectivity index (χ2v) is 6.11. The number of hydrogen-bond acceptors (Lipinski definition) is 5. The van der Waals surface area contributed by atoms with Crippen LogP contribution in [0.1, 0.15) is 25.5 Å². The van der Waals surface area contributed by atoms with Crippen LogP contribution < -0.4 is 10.1 Å². The van der Waals surface area contributed by atoms with Crippen LogP contribution in [0.2, 0.25) is 0 Å². The maximum absolute atomic E-state index is 5.40. The number of imidazole rings is 1. The van der Waals surface area contributed by atoms with Gasteiger partial charge in [-0.15, -0.1) is 11.3 Å². The highest BCUT2D eigenvalue weighted by atomic mass is 32.1. The predicted molar refractivity (Wildman–Crippen MR) is 81.6 cm³/mol. The van der Waals surface area contributed by atoms with Crippen molar-refractivity contribution < 1.29 is 4.74 Å². The smallest absolute Gasteiger partial charge is 0.237 e. The third kappa shape index (κ3) is 2.68. The van der Waals surface area contributed by atoms with Crippen molar-refractivity contribution >= 4 is 16.3 Å². The van der Waals surface area contributed by atoms with E-state index in [9.17, 15) is 0 Å². The Morgan fingerprint density at radius 2 is 2.45 bits per heavy atom. The van der Waals surface area contributed by atoms with E-state index < -0.39 is 0 Å². The Labute approximate surface area is 123 Å². The quantitative estimate of drug-likeness (QED) is 0.915. The molecule has 0 saturated carbocycles. The van der Waals surface area contributed by atoms with Gasteiger partial charge in [-0.3, -0.25) is 4.40 Å². The Bertz CT molecular complexity index is 565. The molecule has 1 fully saturated rings. The number of piperidine rings is 1. The van der Waals surface area contributed by atoms with E-state index in [1.165, 1.54) is 19.4 Å². The number of likely N-dealkylation sites (N-methyl/N-ethyl adjacent to an activating group) is 1. The Morgan fingerprint density at radius 1 is 1.55 bits per heavy atom. The molecule has 0 aliphatic carbocycles. The summed E-state index contributed by atoms with van der Waals surface area (Å²) in [4.78, 5) is 8.00. The number of fused-ring (bicyclic) bond motifs is 1. The molecule has 110 valence electrons. The van der Waals surface area contributed by atoms with Gasteiger partial charge in [-0.05, 0) is 25.9 Å². The zero-order valence-corrected chi connectivity index (χ0v) is 12.9. The lowest BCUT2D eigenvalue weighted by Crippen LogP contribution is -2.45. The first-order valence-electron chi connectivity index (χ1n) is 7.26. The molecule has 3 heterocycles. The first kappa shape index (κ1) is 13.9. The molecule has 1 atom stereocenters. The van der Waals surface area contributed by atoms with Gasteiger partial charge >= 0.3 is 0 Å². The molecule has 1 aliphatic rings. The number of hydrogen-bond donors (Lipinski definition) is 1. The molecule has 0 aromatic carbocycles. The largest absolute Gasteiger partial charge is 0.480 e. The maximum Gasteiger partial charge on any atom is 0.237 e. The van der Waals surface area contributed by atoms with Crippen LogP contribution in [0.5, 0.6) is 5.88 Å². The fourth-order valence-corrected chi connectivity index (χ4v) is 3.61. The summed E-state index contributed by atoms with van der Waals surface area (Å²) in [5, 5.41) is 5.73. The molecule has 20 heavy (non-hydrogen) atoms. The number of rotatable bonds is 5. The molecule has 6 heteroatoms. The van der Waals surface area contributed by atoms with Gasteiger partial charge in [-0.1, -0.05) is 6.92 Å². The first-order chi connectivity index (χ1) is 9.81. The van der Waals surface area contributed by atoms with E-state index in [0.29, 0.717) is 6.04 Å². The van der Waals surface area contributed by atoms with Crippen molar-refractivity contribution in [2.45, 2.75) is 32.4 Å². The number of nitrogens with zero attached hydrogens (tertiary/aromatic N) is 3. The molecule has 3 rings (SSSR count). The van der Waals surface area contributed by atoms with Crippen LogP contribution >= 0.6 is 11.3 Å². The average molecular weight is 294 g/mol. The normalized spacial score (nSPS) is 20.6. The minimum atomic E-state index is 0.567. The number of likely N-dealkylation sites (tertiary alicyclic amines) is 1. The Kier molecular flexibility index (Phi) is 4.24. The fraction of sp³-hybridized carbons (Fsp3) is 0.643. The predicted octanol–water partition coefficient (Wildman–Crippen LogP) is 1.98. The zero-order chi connectivity index (χ0) is 13.9. The van der Waals surface area contributed by atoms with Gasteiger partial charge in [0.05, 0.1) is 7.11 Å². The minimum absolute atomic E-state index is 0.567. The van der Waals surface area contributed by atoms with Crippen molar-refractivity contribution in [2.75, 3.05) is 26.7 Å². The number of nitrogens with one attached hydrogen (secondary N) is 1. The van der Waals surface area contributed by atoms with Crippen molar-refractivity contribution in [3.8, 4) is 5.88 Å². The Hall–Kier alpha value is -1.11. The molecule has 1 aliphatic heterocycles. The maximum atomic E-state index is 5.40. The van der Waals surface area contributed by atoms with Gasteiger partial charge in [0.1, 0.15) is 5.69 Å². The average Bonchev–Trinajstić information content (AvgIpc) is 3.06. The molecule has 0 amide bonds. The zero-order valence-electron chi connectivity index (χ0n) is 12.1. The van der Waals surface area contributed by atoms with E-state index in [-0.39, 0.29) is 0 Å². The number of aromatic nitrogens is 2. The van der Waals surface area contributed by atoms with E-state index in [0.717, 1.165) is 36.2 Å². The molecule has 2 aromatic heterocycles. The van der Waals surface area contributed by atoms with Crippen LogP contribution in [0.15, 0.2) is 11.6 Å². The van der Waals surface area contributed by atoms with Crippen molar-refractivity contribution in [3.05, 3.63) is 17.3 Å². The molecule has 1 unspecified atom stereocenters. The second kappa shape index (κ2) is 6.11. The molecule has 0 spiro atoms. The molecular weight excluding hydrogens is 272 g/mol. The summed E-state index contributed by atoms with van der Waals surface area (Å²) < 4.78 is 7.52. The van der Waals surface area contributed by atoms with Gasteiger partial charge in [0.2, 0.25) is 5.88 Å². The molecular formula is C14H22N4OS. The SMILES string of the molecule is CCN1CCCC(NCc2c(OC)nc3sccn23)C1. The van der Waals surface area contributed by atoms with Gasteiger partial charge < -0.3 is 15.0 Å². The van der Waals surface area contributed by atoms with Crippen LogP contribution in [0.3, 0.4) is 0 Å². The van der Waals surface area contributed by atoms with Crippen LogP contribution in [0, 0.1) is 0 Å². The van der Waals surface area contributed by atoms with Gasteiger partial charge in [0.25, 0.3) is 0 Å². The summed E-state index contributed by atoms with van der Waals surface area (Å²) >= 11 is 1.64. The lowest BCUT2D eigenvalue weighted by molar-refractivity contribution is 0.197. The van der Waals surface area contributed by atoms with E-state index in [4.69, 9.17) is 4.74 Å². The molecule has 5 nitrogen and oxygen atoms in total. The van der Waals surface area contributed by atoms with Gasteiger partial charge in [0, 0.05) is 30.7 Å². The van der Waals surface area contributed by atoms with Crippen LogP contribution in [-0.4, -0.2) is 47.1 Å². The standard InChI is InChI=1S/C14H22N4OS/c1-3-17-6-4-5-11(10-17)15-9-12-13(19-2)16-14-18(12)7-8-20-14/h7-8,11,15H,3-6,9-10H2,1-2H3. The first-order valence-corrected chi connectivity index (χ1v) is 8.14. The van der Waals surface area contributed by atoms with E-state index in [1.54, 1.807) is 18.4 Å². The molecule has 1 saturated heterocycles. The summed E-state index contributed by atoms with van der Waals surface area (Å²) in [6.07, 6.45) is 4.60. The molecule has 0 bridgehead atoms. The molecule has 2 aromatic rings. The van der Waals surface area contributed by atoms with Crippen LogP contribution in [0.4, 0.5) is 0 Å². The van der Waals surface area contributed by atoms with E-state index in [1.807, 2.05) is 0 Å². The van der Waals surface area contributed by atoms with Gasteiger partial charge in [0.15, 0.2) is 4.96 Å². The third-order valence-corrected chi connectivity index (χ3v) is 4.79. The summed E-state index contributed by atoms with van der Waals surface area (Å²) in [5.41, 5.74) is 1.12. The summed E-state index contributed by atoms with van der Waals surface area (Å²) in [6.45, 7) is 6.56. The summed E-state index contributed by atoms with van der Waals surface area (Å²) in [7, 11) is 1.69. The lowest BCUT2D eigenvalue weighted by atomic mass is 10.1. The minimum Gasteiger partial charge on any atom is -0.480 e. The van der Waals surface area contributed by atoms with Crippen LogP contribution in [-0.2, 0) is 6.54 Å². The Balaban J connectivity index is 1.68. The molecule has 1 N–H and O–H groups in total. The Morgan fingerprint density at radius 3 is 3.25 bits per heavy atom. The highest BCUT2D eigenvalue weighted by Gasteiger charge is 2.20. The highest BCUT2D eigenvalue weighted by Crippen LogP contribution is 2.23. The summed E-state index contributed by atoms with van der Waals surface area (Å²) in [6, 6.07) is 0.567. The second-order valence-electron chi connectivity index (χ2n) is 5.24. The monoisotopic (exact) mass is 294 g/mol.